The highest BCUT2D eigenvalue weighted by atomic mass is 32.1. The van der Waals surface area contributed by atoms with Gasteiger partial charge in [0.15, 0.2) is 0 Å². The molecule has 0 atom stereocenters. The molecule has 4 nitrogen and oxygen atoms in total. The summed E-state index contributed by atoms with van der Waals surface area (Å²) in [5, 5.41) is 2.04. The number of nitrogens with two attached hydrogens (primary N) is 1. The van der Waals surface area contributed by atoms with Gasteiger partial charge in [-0.15, -0.1) is 11.3 Å². The Morgan fingerprint density at radius 1 is 1.13 bits per heavy atom. The number of thiophene rings is 1. The molecule has 0 aliphatic heterocycles. The Labute approximate surface area is 142 Å². The van der Waals surface area contributed by atoms with E-state index in [4.69, 9.17) is 5.73 Å². The fourth-order valence-corrected chi connectivity index (χ4v) is 3.18. The molecule has 0 saturated heterocycles. The lowest BCUT2D eigenvalue weighted by molar-refractivity contribution is -0.131. The third-order valence-corrected chi connectivity index (χ3v) is 4.62. The predicted molar refractivity (Wildman–Crippen MR) is 96.4 cm³/mol. The Morgan fingerprint density at radius 3 is 2.57 bits per heavy atom. The van der Waals surface area contributed by atoms with E-state index in [0.717, 1.165) is 19.5 Å². The van der Waals surface area contributed by atoms with Crippen LogP contribution in [-0.4, -0.2) is 48.9 Å². The number of carbonyl (C=O) groups excluding carboxylic acids is 1. The maximum absolute atomic E-state index is 12.4. The van der Waals surface area contributed by atoms with Crippen molar-refractivity contribution >= 4 is 17.2 Å². The summed E-state index contributed by atoms with van der Waals surface area (Å²) in [7, 11) is 1.86. The molecular formula is C18H25N3OS. The lowest BCUT2D eigenvalue weighted by Crippen LogP contribution is -2.41. The van der Waals surface area contributed by atoms with Crippen molar-refractivity contribution in [3.8, 4) is 0 Å². The number of nitrogens with zero attached hydrogens (tertiary/aromatic N) is 2. The van der Waals surface area contributed by atoms with Gasteiger partial charge in [-0.3, -0.25) is 9.69 Å². The van der Waals surface area contributed by atoms with Crippen LogP contribution in [0.2, 0.25) is 0 Å². The summed E-state index contributed by atoms with van der Waals surface area (Å²) in [6.45, 7) is 3.25. The van der Waals surface area contributed by atoms with Crippen molar-refractivity contribution < 1.29 is 4.79 Å². The Morgan fingerprint density at radius 2 is 1.91 bits per heavy atom. The quantitative estimate of drug-likeness (QED) is 0.766. The highest BCUT2D eigenvalue weighted by Crippen LogP contribution is 2.11. The van der Waals surface area contributed by atoms with Crippen LogP contribution in [0.4, 0.5) is 0 Å². The number of amides is 1. The van der Waals surface area contributed by atoms with Crippen molar-refractivity contribution in [1.29, 1.82) is 0 Å². The molecule has 0 bridgehead atoms. The lowest BCUT2D eigenvalue weighted by atomic mass is 10.1. The number of benzene rings is 1. The van der Waals surface area contributed by atoms with Crippen LogP contribution in [0.25, 0.3) is 0 Å². The van der Waals surface area contributed by atoms with Gasteiger partial charge in [0.05, 0.1) is 13.1 Å². The summed E-state index contributed by atoms with van der Waals surface area (Å²) in [5.74, 6) is 0.139. The smallest absolute Gasteiger partial charge is 0.236 e. The monoisotopic (exact) mass is 331 g/mol. The first-order chi connectivity index (χ1) is 11.2. The van der Waals surface area contributed by atoms with Crippen molar-refractivity contribution in [3.63, 3.8) is 0 Å². The van der Waals surface area contributed by atoms with Crippen molar-refractivity contribution in [2.24, 2.45) is 5.73 Å². The molecule has 1 amide bonds. The molecule has 0 aliphatic carbocycles. The molecule has 2 aromatic rings. The lowest BCUT2D eigenvalue weighted by Gasteiger charge is -2.24. The van der Waals surface area contributed by atoms with E-state index in [-0.39, 0.29) is 5.91 Å². The zero-order valence-electron chi connectivity index (χ0n) is 13.6. The Hall–Kier alpha value is -1.69. The molecule has 0 radical (unpaired) electrons. The molecule has 0 spiro atoms. The molecule has 5 heteroatoms. The van der Waals surface area contributed by atoms with Crippen molar-refractivity contribution in [2.45, 2.75) is 13.0 Å². The van der Waals surface area contributed by atoms with Gasteiger partial charge in [0.25, 0.3) is 0 Å². The zero-order valence-corrected chi connectivity index (χ0v) is 14.5. The maximum Gasteiger partial charge on any atom is 0.236 e. The number of hydrogen-bond acceptors (Lipinski definition) is 4. The average molecular weight is 331 g/mol. The first-order valence-corrected chi connectivity index (χ1v) is 8.79. The molecule has 1 aromatic heterocycles. The van der Waals surface area contributed by atoms with Gasteiger partial charge in [-0.05, 0) is 23.4 Å². The first kappa shape index (κ1) is 17.7. The number of likely N-dealkylation sites (N-methyl/N-ethyl adjacent to an activating group) is 1. The van der Waals surface area contributed by atoms with Gasteiger partial charge in [0, 0.05) is 31.6 Å². The van der Waals surface area contributed by atoms with Crippen molar-refractivity contribution in [2.75, 3.05) is 33.2 Å². The van der Waals surface area contributed by atoms with E-state index in [9.17, 15) is 4.79 Å². The van der Waals surface area contributed by atoms with E-state index in [1.807, 2.05) is 36.7 Å². The highest BCUT2D eigenvalue weighted by molar-refractivity contribution is 7.09. The van der Waals surface area contributed by atoms with Gasteiger partial charge < -0.3 is 10.6 Å². The van der Waals surface area contributed by atoms with E-state index < -0.39 is 0 Å². The fraction of sp³-hybridized carbons (Fsp3) is 0.389. The van der Waals surface area contributed by atoms with Crippen LogP contribution in [0.5, 0.6) is 0 Å². The second-order valence-electron chi connectivity index (χ2n) is 5.63. The summed E-state index contributed by atoms with van der Waals surface area (Å²) in [6.07, 6.45) is 0.933. The van der Waals surface area contributed by atoms with E-state index >= 15 is 0 Å². The summed E-state index contributed by atoms with van der Waals surface area (Å²) >= 11 is 1.68. The fourth-order valence-electron chi connectivity index (χ4n) is 2.42. The van der Waals surface area contributed by atoms with Crippen LogP contribution in [0.15, 0.2) is 47.8 Å². The molecule has 1 aromatic carbocycles. The molecule has 2 N–H and O–H groups in total. The highest BCUT2D eigenvalue weighted by Gasteiger charge is 2.14. The van der Waals surface area contributed by atoms with Crippen LogP contribution in [-0.2, 0) is 17.8 Å². The van der Waals surface area contributed by atoms with Gasteiger partial charge in [-0.25, -0.2) is 0 Å². The molecule has 0 saturated carbocycles. The summed E-state index contributed by atoms with van der Waals surface area (Å²) in [4.78, 5) is 17.5. The van der Waals surface area contributed by atoms with Crippen LogP contribution in [0.3, 0.4) is 0 Å². The van der Waals surface area contributed by atoms with Crippen molar-refractivity contribution in [3.05, 3.63) is 58.3 Å². The van der Waals surface area contributed by atoms with Crippen LogP contribution in [0.1, 0.15) is 10.4 Å². The molecular weight excluding hydrogens is 306 g/mol. The summed E-state index contributed by atoms with van der Waals surface area (Å²) in [5.41, 5.74) is 6.98. The number of rotatable bonds is 9. The SMILES string of the molecule is CN(Cc1cccs1)C(=O)CN(CCN)CCc1ccccc1. The van der Waals surface area contributed by atoms with E-state index in [1.54, 1.807) is 16.2 Å². The van der Waals surface area contributed by atoms with E-state index in [0.29, 0.717) is 19.6 Å². The minimum absolute atomic E-state index is 0.139. The topological polar surface area (TPSA) is 49.6 Å². The van der Waals surface area contributed by atoms with E-state index in [1.165, 1.54) is 10.4 Å². The van der Waals surface area contributed by atoms with Gasteiger partial charge >= 0.3 is 0 Å². The van der Waals surface area contributed by atoms with Crippen LogP contribution in [0, 0.1) is 0 Å². The Balaban J connectivity index is 1.83. The standard InChI is InChI=1S/C18H25N3OS/c1-20(14-17-8-5-13-23-17)18(22)15-21(12-10-19)11-9-16-6-3-2-4-7-16/h2-8,13H,9-12,14-15,19H2,1H3. The van der Waals surface area contributed by atoms with Gasteiger partial charge in [-0.1, -0.05) is 36.4 Å². The Kier molecular flexibility index (Phi) is 7.26. The molecule has 1 heterocycles. The normalized spacial score (nSPS) is 10.9. The minimum atomic E-state index is 0.139. The van der Waals surface area contributed by atoms with E-state index in [2.05, 4.69) is 23.1 Å². The molecule has 0 fully saturated rings. The maximum atomic E-state index is 12.4. The van der Waals surface area contributed by atoms with Crippen molar-refractivity contribution in [1.82, 2.24) is 9.80 Å². The number of carbonyl (C=O) groups is 1. The zero-order chi connectivity index (χ0) is 16.5. The molecule has 23 heavy (non-hydrogen) atoms. The second-order valence-corrected chi connectivity index (χ2v) is 6.66. The molecule has 0 aliphatic rings. The van der Waals surface area contributed by atoms with Gasteiger partial charge in [-0.2, -0.15) is 0 Å². The predicted octanol–water partition coefficient (Wildman–Crippen LogP) is 2.21. The third kappa shape index (κ3) is 6.14. The minimum Gasteiger partial charge on any atom is -0.340 e. The van der Waals surface area contributed by atoms with Crippen LogP contribution >= 0.6 is 11.3 Å². The summed E-state index contributed by atoms with van der Waals surface area (Å²) in [6, 6.07) is 14.4. The first-order valence-electron chi connectivity index (χ1n) is 7.91. The largest absolute Gasteiger partial charge is 0.340 e. The number of hydrogen-bond donors (Lipinski definition) is 1. The molecule has 124 valence electrons. The third-order valence-electron chi connectivity index (χ3n) is 3.76. The molecule has 0 unspecified atom stereocenters. The Bertz CT molecular complexity index is 571. The summed E-state index contributed by atoms with van der Waals surface area (Å²) < 4.78 is 0. The van der Waals surface area contributed by atoms with Crippen LogP contribution < -0.4 is 5.73 Å². The van der Waals surface area contributed by atoms with Gasteiger partial charge in [0.1, 0.15) is 0 Å². The molecule has 2 rings (SSSR count). The average Bonchev–Trinajstić information content (AvgIpc) is 3.06. The van der Waals surface area contributed by atoms with Gasteiger partial charge in [0.2, 0.25) is 5.91 Å². The second kappa shape index (κ2) is 9.45.